The van der Waals surface area contributed by atoms with Crippen molar-refractivity contribution in [2.75, 3.05) is 0 Å². The molecule has 0 N–H and O–H groups in total. The molecule has 42 heavy (non-hydrogen) atoms. The Labute approximate surface area is 235 Å². The lowest BCUT2D eigenvalue weighted by molar-refractivity contribution is -0.0500. The van der Waals surface area contributed by atoms with Crippen molar-refractivity contribution in [3.63, 3.8) is 0 Å². The Bertz CT molecular complexity index is 2360. The molecule has 0 bridgehead atoms. The Morgan fingerprint density at radius 2 is 1.31 bits per heavy atom. The summed E-state index contributed by atoms with van der Waals surface area (Å²) >= 11 is 0. The Kier molecular flexibility index (Phi) is 5.67. The maximum Gasteiger partial charge on any atom is 0.534 e. The van der Waals surface area contributed by atoms with Gasteiger partial charge in [-0.15, -0.1) is 0 Å². The molecule has 6 nitrogen and oxygen atoms in total. The van der Waals surface area contributed by atoms with Gasteiger partial charge in [0.15, 0.2) is 0 Å². The average molecular weight is 586 g/mol. The van der Waals surface area contributed by atoms with E-state index in [1.54, 1.807) is 12.1 Å². The smallest absolute Gasteiger partial charge is 0.422 e. The Morgan fingerprint density at radius 3 is 2.10 bits per heavy atom. The van der Waals surface area contributed by atoms with Gasteiger partial charge in [0.1, 0.15) is 11.3 Å². The Balaban J connectivity index is 1.34. The molecule has 208 valence electrons. The van der Waals surface area contributed by atoms with Gasteiger partial charge >= 0.3 is 21.3 Å². The topological polar surface area (TPSA) is 78.5 Å². The van der Waals surface area contributed by atoms with Crippen molar-refractivity contribution in [3.8, 4) is 22.6 Å². The van der Waals surface area contributed by atoms with E-state index in [1.165, 1.54) is 6.07 Å². The third-order valence-corrected chi connectivity index (χ3v) is 8.17. The summed E-state index contributed by atoms with van der Waals surface area (Å²) in [7, 11) is -5.89. The number of alkyl halides is 3. The van der Waals surface area contributed by atoms with Crippen molar-refractivity contribution < 1.29 is 30.2 Å². The molecule has 7 rings (SSSR count). The Morgan fingerprint density at radius 1 is 0.643 bits per heavy atom. The fourth-order valence-corrected chi connectivity index (χ4v) is 5.78. The first-order valence-electron chi connectivity index (χ1n) is 12.7. The number of rotatable bonds is 4. The molecule has 0 radical (unpaired) electrons. The summed E-state index contributed by atoms with van der Waals surface area (Å²) in [5, 5.41) is 2.93. The van der Waals surface area contributed by atoms with Gasteiger partial charge in [-0.05, 0) is 71.8 Å². The number of hydrogen-bond donors (Lipinski definition) is 0. The molecule has 0 saturated carbocycles. The summed E-state index contributed by atoms with van der Waals surface area (Å²) in [6.07, 6.45) is 0. The van der Waals surface area contributed by atoms with E-state index in [2.05, 4.69) is 45.1 Å². The monoisotopic (exact) mass is 585 g/mol. The summed E-state index contributed by atoms with van der Waals surface area (Å²) in [5.41, 5.74) is -1.34. The van der Waals surface area contributed by atoms with Crippen LogP contribution in [0.15, 0.2) is 118 Å². The maximum atomic E-state index is 12.8. The van der Waals surface area contributed by atoms with Crippen LogP contribution in [0.1, 0.15) is 0 Å². The van der Waals surface area contributed by atoms with Crippen molar-refractivity contribution in [2.45, 2.75) is 5.51 Å². The summed E-state index contributed by atoms with van der Waals surface area (Å²) in [6, 6.07) is 33.0. The molecule has 5 aromatic carbocycles. The van der Waals surface area contributed by atoms with Crippen LogP contribution < -0.4 is 9.81 Å². The van der Waals surface area contributed by atoms with Gasteiger partial charge in [-0.25, -0.2) is 4.79 Å². The van der Waals surface area contributed by atoms with Gasteiger partial charge in [0.2, 0.25) is 0 Å². The lowest BCUT2D eigenvalue weighted by Gasteiger charge is -2.11. The minimum atomic E-state index is -5.89. The standard InChI is InChI=1S/C32H18F3NO5S/c33-32(34,35)42(38,39)41-22-12-14-23-25-13-10-20(17-30(25)40-31(37)27(23)18-22)19-11-15-29-26(16-19)24-8-4-5-9-28(24)36(29)21-6-2-1-3-7-21/h1-18H. The molecular formula is C32H18F3NO5S. The van der Waals surface area contributed by atoms with Crippen LogP contribution in [0, 0.1) is 0 Å². The number of halogens is 3. The van der Waals surface area contributed by atoms with Crippen molar-refractivity contribution in [1.82, 2.24) is 4.57 Å². The first-order chi connectivity index (χ1) is 20.1. The van der Waals surface area contributed by atoms with Crippen LogP contribution in [0.3, 0.4) is 0 Å². The van der Waals surface area contributed by atoms with Crippen molar-refractivity contribution >= 4 is 53.7 Å². The normalized spacial score (nSPS) is 12.5. The van der Waals surface area contributed by atoms with Gasteiger partial charge in [-0.3, -0.25) is 0 Å². The number of para-hydroxylation sites is 2. The maximum absolute atomic E-state index is 12.8. The average Bonchev–Trinajstić information content (AvgIpc) is 3.30. The van der Waals surface area contributed by atoms with Crippen molar-refractivity contribution in [3.05, 3.63) is 120 Å². The van der Waals surface area contributed by atoms with E-state index < -0.39 is 27.0 Å². The molecule has 0 fully saturated rings. The highest BCUT2D eigenvalue weighted by molar-refractivity contribution is 7.88. The van der Waals surface area contributed by atoms with Gasteiger partial charge in [-0.1, -0.05) is 48.5 Å². The zero-order chi connectivity index (χ0) is 29.2. The van der Waals surface area contributed by atoms with Gasteiger partial charge in [0.05, 0.1) is 16.4 Å². The van der Waals surface area contributed by atoms with E-state index in [-0.39, 0.29) is 11.0 Å². The third-order valence-electron chi connectivity index (χ3n) is 7.20. The van der Waals surface area contributed by atoms with E-state index in [1.807, 2.05) is 42.5 Å². The van der Waals surface area contributed by atoms with E-state index in [9.17, 15) is 26.4 Å². The fourth-order valence-electron chi connectivity index (χ4n) is 5.32. The minimum absolute atomic E-state index is 0.111. The van der Waals surface area contributed by atoms with Gasteiger partial charge < -0.3 is 13.2 Å². The van der Waals surface area contributed by atoms with Crippen LogP contribution >= 0.6 is 0 Å². The van der Waals surface area contributed by atoms with Gasteiger partial charge in [0, 0.05) is 27.2 Å². The molecule has 2 aromatic heterocycles. The number of nitrogens with zero attached hydrogens (tertiary/aromatic N) is 1. The molecule has 0 unspecified atom stereocenters. The zero-order valence-corrected chi connectivity index (χ0v) is 22.2. The van der Waals surface area contributed by atoms with Crippen LogP contribution in [0.4, 0.5) is 13.2 Å². The van der Waals surface area contributed by atoms with Crippen LogP contribution in [-0.4, -0.2) is 18.5 Å². The van der Waals surface area contributed by atoms with Gasteiger partial charge in [0.25, 0.3) is 0 Å². The first-order valence-corrected chi connectivity index (χ1v) is 14.1. The molecule has 7 aromatic rings. The van der Waals surface area contributed by atoms with E-state index >= 15 is 0 Å². The lowest BCUT2D eigenvalue weighted by atomic mass is 10.00. The molecule has 0 amide bonds. The van der Waals surface area contributed by atoms with Crippen LogP contribution in [0.5, 0.6) is 5.75 Å². The third kappa shape index (κ3) is 4.10. The second-order valence-corrected chi connectivity index (χ2v) is 11.2. The summed E-state index contributed by atoms with van der Waals surface area (Å²) < 4.78 is 73.0. The predicted molar refractivity (Wildman–Crippen MR) is 155 cm³/mol. The molecule has 0 spiro atoms. The predicted octanol–water partition coefficient (Wildman–Crippen LogP) is 7.94. The van der Waals surface area contributed by atoms with E-state index in [0.29, 0.717) is 10.8 Å². The summed E-state index contributed by atoms with van der Waals surface area (Å²) in [5.74, 6) is -0.647. The molecule has 0 aliphatic heterocycles. The molecule has 0 aliphatic carbocycles. The quantitative estimate of drug-likeness (QED) is 0.0907. The SMILES string of the molecule is O=c1oc2cc(-c3ccc4c(c3)c3ccccc3n4-c3ccccc3)ccc2c2ccc(OS(=O)(=O)C(F)(F)F)cc12. The highest BCUT2D eigenvalue weighted by Crippen LogP contribution is 2.36. The Hall–Kier alpha value is -5.09. The molecule has 0 aliphatic rings. The number of benzene rings is 5. The summed E-state index contributed by atoms with van der Waals surface area (Å²) in [6.45, 7) is 0. The molecule has 0 atom stereocenters. The highest BCUT2D eigenvalue weighted by Gasteiger charge is 2.48. The first kappa shape index (κ1) is 25.8. The molecule has 2 heterocycles. The van der Waals surface area contributed by atoms with E-state index in [0.717, 1.165) is 50.8 Å². The molecule has 0 saturated heterocycles. The minimum Gasteiger partial charge on any atom is -0.422 e. The second-order valence-electron chi connectivity index (χ2n) is 9.71. The van der Waals surface area contributed by atoms with Crippen molar-refractivity contribution in [1.29, 1.82) is 0 Å². The molecule has 10 heteroatoms. The number of aromatic nitrogens is 1. The highest BCUT2D eigenvalue weighted by atomic mass is 32.2. The van der Waals surface area contributed by atoms with Gasteiger partial charge in [-0.2, -0.15) is 21.6 Å². The zero-order valence-electron chi connectivity index (χ0n) is 21.4. The van der Waals surface area contributed by atoms with E-state index in [4.69, 9.17) is 4.42 Å². The number of fused-ring (bicyclic) bond motifs is 6. The molecular weight excluding hydrogens is 567 g/mol. The van der Waals surface area contributed by atoms with Crippen LogP contribution in [0.2, 0.25) is 0 Å². The second kappa shape index (κ2) is 9.22. The van der Waals surface area contributed by atoms with Crippen molar-refractivity contribution in [2.24, 2.45) is 0 Å². The fraction of sp³-hybridized carbons (Fsp3) is 0.0312. The largest absolute Gasteiger partial charge is 0.534 e. The van der Waals surface area contributed by atoms with Crippen LogP contribution in [-0.2, 0) is 10.1 Å². The van der Waals surface area contributed by atoms with Crippen LogP contribution in [0.25, 0.3) is 60.4 Å². The number of hydrogen-bond acceptors (Lipinski definition) is 5. The summed E-state index contributed by atoms with van der Waals surface area (Å²) in [4.78, 5) is 12.8. The lowest BCUT2D eigenvalue weighted by Crippen LogP contribution is -2.28.